The Labute approximate surface area is 133 Å². The number of aryl methyl sites for hydroxylation is 1. The molecule has 0 unspecified atom stereocenters. The largest absolute Gasteiger partial charge is 0.358 e. The van der Waals surface area contributed by atoms with Gasteiger partial charge in [-0.3, -0.25) is 10.1 Å². The van der Waals surface area contributed by atoms with Crippen LogP contribution in [-0.4, -0.2) is 9.91 Å². The molecule has 1 N–H and O–H groups in total. The van der Waals surface area contributed by atoms with Crippen molar-refractivity contribution < 1.29 is 9.31 Å². The second kappa shape index (κ2) is 6.20. The van der Waals surface area contributed by atoms with Gasteiger partial charge in [0.15, 0.2) is 0 Å². The molecule has 0 atom stereocenters. The maximum Gasteiger partial charge on any atom is 0.277 e. The standard InChI is InChI=1S/C18H17FN2O2/c1-2-3-9-14-17(12-7-4-5-11-16(12)21(22)23)18-13(19)8-6-10-15(18)20-14/h4-8,10-11,20H,2-3,9H2,1H3. The SMILES string of the molecule is CCCCc1[nH]c2cccc(F)c2c1-c1ccccc1[N+](=O)[O-]. The lowest BCUT2D eigenvalue weighted by Gasteiger charge is -2.06. The third-order valence-corrected chi connectivity index (χ3v) is 4.00. The average molecular weight is 312 g/mol. The first-order valence-electron chi connectivity index (χ1n) is 7.66. The van der Waals surface area contributed by atoms with Crippen molar-refractivity contribution in [1.29, 1.82) is 0 Å². The number of nitrogens with zero attached hydrogens (tertiary/aromatic N) is 1. The number of nitro groups is 1. The molecule has 3 aromatic rings. The van der Waals surface area contributed by atoms with E-state index in [2.05, 4.69) is 11.9 Å². The molecule has 0 amide bonds. The first-order chi connectivity index (χ1) is 11.1. The number of rotatable bonds is 5. The minimum atomic E-state index is -0.418. The lowest BCUT2D eigenvalue weighted by atomic mass is 9.98. The zero-order valence-electron chi connectivity index (χ0n) is 12.8. The van der Waals surface area contributed by atoms with E-state index in [1.165, 1.54) is 12.1 Å². The van der Waals surface area contributed by atoms with Crippen LogP contribution >= 0.6 is 0 Å². The topological polar surface area (TPSA) is 58.9 Å². The Balaban J connectivity index is 2.33. The van der Waals surface area contributed by atoms with Gasteiger partial charge in [-0.2, -0.15) is 0 Å². The van der Waals surface area contributed by atoms with Gasteiger partial charge in [0.05, 0.1) is 10.5 Å². The number of nitrogens with one attached hydrogen (secondary N) is 1. The maximum atomic E-state index is 14.4. The van der Waals surface area contributed by atoms with Gasteiger partial charge in [0, 0.05) is 28.2 Å². The van der Waals surface area contributed by atoms with Crippen molar-refractivity contribution >= 4 is 16.6 Å². The molecule has 0 spiro atoms. The molecule has 118 valence electrons. The van der Waals surface area contributed by atoms with Crippen molar-refractivity contribution in [3.05, 3.63) is 64.1 Å². The molecule has 0 aliphatic rings. The average Bonchev–Trinajstić information content (AvgIpc) is 2.92. The van der Waals surface area contributed by atoms with Gasteiger partial charge in [-0.15, -0.1) is 0 Å². The van der Waals surface area contributed by atoms with Crippen LogP contribution < -0.4 is 0 Å². The summed E-state index contributed by atoms with van der Waals surface area (Å²) in [7, 11) is 0. The highest BCUT2D eigenvalue weighted by molar-refractivity contribution is 6.00. The predicted octanol–water partition coefficient (Wildman–Crippen LogP) is 5.22. The van der Waals surface area contributed by atoms with Gasteiger partial charge in [-0.05, 0) is 31.0 Å². The number of fused-ring (bicyclic) bond motifs is 1. The molecule has 0 bridgehead atoms. The summed E-state index contributed by atoms with van der Waals surface area (Å²) in [6.07, 6.45) is 2.66. The zero-order chi connectivity index (χ0) is 16.4. The number of nitro benzene ring substituents is 1. The van der Waals surface area contributed by atoms with Gasteiger partial charge in [-0.1, -0.05) is 31.5 Å². The molecular formula is C18H17FN2O2. The number of aromatic nitrogens is 1. The van der Waals surface area contributed by atoms with E-state index in [4.69, 9.17) is 0 Å². The van der Waals surface area contributed by atoms with E-state index in [0.717, 1.165) is 25.0 Å². The summed E-state index contributed by atoms with van der Waals surface area (Å²) < 4.78 is 14.4. The van der Waals surface area contributed by atoms with Crippen LogP contribution in [0.3, 0.4) is 0 Å². The molecule has 0 aliphatic heterocycles. The highest BCUT2D eigenvalue weighted by Gasteiger charge is 2.22. The zero-order valence-corrected chi connectivity index (χ0v) is 12.8. The molecule has 4 nitrogen and oxygen atoms in total. The third kappa shape index (κ3) is 2.70. The highest BCUT2D eigenvalue weighted by Crippen LogP contribution is 2.39. The lowest BCUT2D eigenvalue weighted by molar-refractivity contribution is -0.384. The van der Waals surface area contributed by atoms with Crippen molar-refractivity contribution in [2.75, 3.05) is 0 Å². The number of hydrogen-bond acceptors (Lipinski definition) is 2. The van der Waals surface area contributed by atoms with Crippen molar-refractivity contribution in [1.82, 2.24) is 4.98 Å². The summed E-state index contributed by atoms with van der Waals surface area (Å²) in [6.45, 7) is 2.08. The minimum Gasteiger partial charge on any atom is -0.358 e. The number of halogens is 1. The van der Waals surface area contributed by atoms with Gasteiger partial charge >= 0.3 is 0 Å². The third-order valence-electron chi connectivity index (χ3n) is 4.00. The Kier molecular flexibility index (Phi) is 4.10. The summed E-state index contributed by atoms with van der Waals surface area (Å²) in [6, 6.07) is 11.3. The Morgan fingerprint density at radius 1 is 1.17 bits per heavy atom. The summed E-state index contributed by atoms with van der Waals surface area (Å²) in [5.41, 5.74) is 2.58. The minimum absolute atomic E-state index is 0.00518. The van der Waals surface area contributed by atoms with Crippen LogP contribution in [0, 0.1) is 15.9 Å². The van der Waals surface area contributed by atoms with Gasteiger partial charge in [0.25, 0.3) is 5.69 Å². The van der Waals surface area contributed by atoms with Crippen LogP contribution in [0.25, 0.3) is 22.0 Å². The number of aromatic amines is 1. The molecule has 0 saturated heterocycles. The van der Waals surface area contributed by atoms with Gasteiger partial charge in [0.1, 0.15) is 5.82 Å². The fourth-order valence-electron chi connectivity index (χ4n) is 2.94. The number of para-hydroxylation sites is 1. The Hall–Kier alpha value is -2.69. The Morgan fingerprint density at radius 2 is 1.96 bits per heavy atom. The first-order valence-corrected chi connectivity index (χ1v) is 7.66. The molecule has 1 aromatic heterocycles. The van der Waals surface area contributed by atoms with Crippen molar-refractivity contribution in [2.24, 2.45) is 0 Å². The molecule has 0 radical (unpaired) electrons. The second-order valence-electron chi connectivity index (χ2n) is 5.52. The van der Waals surface area contributed by atoms with Crippen LogP contribution in [0.1, 0.15) is 25.5 Å². The number of unbranched alkanes of at least 4 members (excludes halogenated alkanes) is 1. The Bertz CT molecular complexity index is 871. The van der Waals surface area contributed by atoms with Crippen LogP contribution in [0.4, 0.5) is 10.1 Å². The summed E-state index contributed by atoms with van der Waals surface area (Å²) >= 11 is 0. The van der Waals surface area contributed by atoms with E-state index in [9.17, 15) is 14.5 Å². The van der Waals surface area contributed by atoms with Gasteiger partial charge in [0.2, 0.25) is 0 Å². The molecule has 3 rings (SSSR count). The summed E-state index contributed by atoms with van der Waals surface area (Å²) in [4.78, 5) is 14.2. The number of hydrogen-bond donors (Lipinski definition) is 1. The van der Waals surface area contributed by atoms with E-state index in [1.807, 2.05) is 0 Å². The van der Waals surface area contributed by atoms with Crippen LogP contribution in [0.2, 0.25) is 0 Å². The van der Waals surface area contributed by atoms with Gasteiger partial charge < -0.3 is 4.98 Å². The van der Waals surface area contributed by atoms with E-state index >= 15 is 0 Å². The predicted molar refractivity (Wildman–Crippen MR) is 89.0 cm³/mol. The molecule has 5 heteroatoms. The van der Waals surface area contributed by atoms with E-state index < -0.39 is 4.92 Å². The summed E-state index contributed by atoms with van der Waals surface area (Å²) in [5.74, 6) is -0.366. The van der Waals surface area contributed by atoms with E-state index in [0.29, 0.717) is 22.0 Å². The van der Waals surface area contributed by atoms with Crippen LogP contribution in [0.5, 0.6) is 0 Å². The van der Waals surface area contributed by atoms with Gasteiger partial charge in [-0.25, -0.2) is 4.39 Å². The molecule has 0 fully saturated rings. The monoisotopic (exact) mass is 312 g/mol. The number of benzene rings is 2. The molecule has 1 heterocycles. The summed E-state index contributed by atoms with van der Waals surface area (Å²) in [5, 5.41) is 11.8. The van der Waals surface area contributed by atoms with Crippen LogP contribution in [-0.2, 0) is 6.42 Å². The van der Waals surface area contributed by atoms with Crippen molar-refractivity contribution in [3.63, 3.8) is 0 Å². The fourth-order valence-corrected chi connectivity index (χ4v) is 2.94. The Morgan fingerprint density at radius 3 is 2.70 bits per heavy atom. The van der Waals surface area contributed by atoms with Crippen LogP contribution in [0.15, 0.2) is 42.5 Å². The molecular weight excluding hydrogens is 295 g/mol. The van der Waals surface area contributed by atoms with E-state index in [-0.39, 0.29) is 11.5 Å². The molecule has 0 aliphatic carbocycles. The van der Waals surface area contributed by atoms with Crippen molar-refractivity contribution in [2.45, 2.75) is 26.2 Å². The maximum absolute atomic E-state index is 14.4. The smallest absolute Gasteiger partial charge is 0.277 e. The van der Waals surface area contributed by atoms with Crippen molar-refractivity contribution in [3.8, 4) is 11.1 Å². The molecule has 0 saturated carbocycles. The molecule has 23 heavy (non-hydrogen) atoms. The second-order valence-corrected chi connectivity index (χ2v) is 5.52. The lowest BCUT2D eigenvalue weighted by Crippen LogP contribution is -1.94. The molecule has 2 aromatic carbocycles. The number of H-pyrrole nitrogens is 1. The quantitative estimate of drug-likeness (QED) is 0.518. The first kappa shape index (κ1) is 15.2. The normalized spacial score (nSPS) is 11.0. The van der Waals surface area contributed by atoms with E-state index in [1.54, 1.807) is 30.3 Å². The highest BCUT2D eigenvalue weighted by atomic mass is 19.1. The fraction of sp³-hybridized carbons (Fsp3) is 0.222.